The predicted molar refractivity (Wildman–Crippen MR) is 135 cm³/mol. The Hall–Kier alpha value is -3.31. The molecule has 9 nitrogen and oxygen atoms in total. The van der Waals surface area contributed by atoms with Crippen LogP contribution < -0.4 is 10.6 Å². The first-order valence-corrected chi connectivity index (χ1v) is 12.6. The number of carbonyl (C=O) groups is 3. The Balaban J connectivity index is 1.84. The first-order chi connectivity index (χ1) is 16.6. The Morgan fingerprint density at radius 3 is 2.26 bits per heavy atom. The molecule has 0 aliphatic heterocycles. The molecule has 0 bridgehead atoms. The van der Waals surface area contributed by atoms with Crippen LogP contribution in [0.5, 0.6) is 0 Å². The molecule has 2 aromatic carbocycles. The number of nitrogens with one attached hydrogen (secondary N) is 2. The minimum absolute atomic E-state index is 0.102. The zero-order valence-corrected chi connectivity index (χ0v) is 20.7. The summed E-state index contributed by atoms with van der Waals surface area (Å²) in [5, 5.41) is 15.2. The summed E-state index contributed by atoms with van der Waals surface area (Å²) < 4.78 is 16.6. The highest BCUT2D eigenvalue weighted by Crippen LogP contribution is 2.23. The standard InChI is InChI=1S/C23H20Cl2N4O5S/c1-14(31)29-35(34,11-10-30)18-6-2-15(3-7-18)22(32)27-20-8-4-16(24)12-19(20)23(33)28-21-9-5-17(25)13-26-21/h2-9,12-13,30H,10-11H2,1H3,(H,27,32)(H,26,28,33). The van der Waals surface area contributed by atoms with E-state index in [9.17, 15) is 23.7 Å². The number of aromatic nitrogens is 1. The third-order valence-corrected chi connectivity index (χ3v) is 7.33. The number of halogens is 2. The molecule has 0 saturated heterocycles. The van der Waals surface area contributed by atoms with Crippen molar-refractivity contribution in [3.8, 4) is 0 Å². The van der Waals surface area contributed by atoms with E-state index < -0.39 is 34.1 Å². The summed E-state index contributed by atoms with van der Waals surface area (Å²) in [6.07, 6.45) is 1.38. The number of hydrogen-bond donors (Lipinski definition) is 3. The second kappa shape index (κ2) is 11.4. The van der Waals surface area contributed by atoms with E-state index in [0.29, 0.717) is 5.02 Å². The van der Waals surface area contributed by atoms with E-state index in [2.05, 4.69) is 20.0 Å². The van der Waals surface area contributed by atoms with E-state index in [4.69, 9.17) is 23.2 Å². The maximum absolute atomic E-state index is 13.0. The second-order valence-electron chi connectivity index (χ2n) is 7.16. The smallest absolute Gasteiger partial charge is 0.258 e. The van der Waals surface area contributed by atoms with Crippen LogP contribution in [0.4, 0.5) is 11.5 Å². The first-order valence-electron chi connectivity index (χ1n) is 10.1. The van der Waals surface area contributed by atoms with Gasteiger partial charge in [0.15, 0.2) is 0 Å². The van der Waals surface area contributed by atoms with Gasteiger partial charge >= 0.3 is 0 Å². The van der Waals surface area contributed by atoms with Crippen molar-refractivity contribution in [1.82, 2.24) is 4.98 Å². The monoisotopic (exact) mass is 534 g/mol. The minimum Gasteiger partial charge on any atom is -0.395 e. The zero-order valence-electron chi connectivity index (χ0n) is 18.3. The van der Waals surface area contributed by atoms with Gasteiger partial charge in [-0.15, -0.1) is 0 Å². The van der Waals surface area contributed by atoms with Gasteiger partial charge in [0.1, 0.15) is 5.82 Å². The van der Waals surface area contributed by atoms with Crippen molar-refractivity contribution >= 4 is 62.2 Å². The van der Waals surface area contributed by atoms with Crippen LogP contribution in [0.15, 0.2) is 70.1 Å². The lowest BCUT2D eigenvalue weighted by atomic mass is 10.1. The normalized spacial score (nSPS) is 12.3. The Morgan fingerprint density at radius 1 is 0.971 bits per heavy atom. The summed E-state index contributed by atoms with van der Waals surface area (Å²) in [7, 11) is -3.16. The van der Waals surface area contributed by atoms with E-state index in [1.165, 1.54) is 61.7 Å². The Labute approximate surface area is 211 Å². The van der Waals surface area contributed by atoms with E-state index in [1.54, 1.807) is 6.07 Å². The van der Waals surface area contributed by atoms with Crippen molar-refractivity contribution in [2.75, 3.05) is 23.0 Å². The van der Waals surface area contributed by atoms with Crippen LogP contribution in [0, 0.1) is 0 Å². The van der Waals surface area contributed by atoms with Crippen molar-refractivity contribution < 1.29 is 23.7 Å². The first kappa shape index (κ1) is 26.3. The van der Waals surface area contributed by atoms with Crippen LogP contribution in [0.2, 0.25) is 10.0 Å². The summed E-state index contributed by atoms with van der Waals surface area (Å²) in [4.78, 5) is 41.3. The second-order valence-corrected chi connectivity index (χ2v) is 10.4. The van der Waals surface area contributed by atoms with Gasteiger partial charge in [-0.05, 0) is 54.6 Å². The molecule has 1 heterocycles. The predicted octanol–water partition coefficient (Wildman–Crippen LogP) is 4.26. The Morgan fingerprint density at radius 2 is 1.66 bits per heavy atom. The number of benzene rings is 2. The molecule has 0 fully saturated rings. The van der Waals surface area contributed by atoms with Gasteiger partial charge in [-0.2, -0.15) is 4.36 Å². The highest BCUT2D eigenvalue weighted by molar-refractivity contribution is 7.94. The molecule has 0 aliphatic carbocycles. The number of amides is 3. The molecule has 3 N–H and O–H groups in total. The third kappa shape index (κ3) is 6.86. The van der Waals surface area contributed by atoms with Crippen LogP contribution in [-0.2, 0) is 14.5 Å². The molecular formula is C23H20Cl2N4O5S. The Bertz CT molecular complexity index is 1390. The van der Waals surface area contributed by atoms with Gasteiger partial charge in [-0.3, -0.25) is 14.4 Å². The van der Waals surface area contributed by atoms with E-state index in [0.717, 1.165) is 0 Å². The SMILES string of the molecule is CC(=O)N=S(=O)(CCO)c1ccc(C(=O)Nc2ccc(Cl)cc2C(=O)Nc2ccc(Cl)cn2)cc1. The maximum atomic E-state index is 13.0. The molecule has 182 valence electrons. The van der Waals surface area contributed by atoms with E-state index >= 15 is 0 Å². The van der Waals surface area contributed by atoms with Gasteiger partial charge in [0.05, 0.1) is 38.4 Å². The van der Waals surface area contributed by atoms with Crippen molar-refractivity contribution in [3.05, 3.63) is 82.0 Å². The van der Waals surface area contributed by atoms with Crippen molar-refractivity contribution in [1.29, 1.82) is 0 Å². The van der Waals surface area contributed by atoms with Gasteiger partial charge in [-0.25, -0.2) is 9.19 Å². The van der Waals surface area contributed by atoms with Gasteiger partial charge in [0.2, 0.25) is 0 Å². The quantitative estimate of drug-likeness (QED) is 0.414. The zero-order chi connectivity index (χ0) is 25.6. The van der Waals surface area contributed by atoms with Gasteiger partial charge in [0.25, 0.3) is 17.7 Å². The number of aliphatic hydroxyl groups is 1. The van der Waals surface area contributed by atoms with E-state index in [1.807, 2.05) is 0 Å². The van der Waals surface area contributed by atoms with Crippen LogP contribution >= 0.6 is 23.2 Å². The van der Waals surface area contributed by atoms with Crippen LogP contribution in [0.1, 0.15) is 27.6 Å². The molecule has 3 amide bonds. The van der Waals surface area contributed by atoms with Crippen LogP contribution in [0.3, 0.4) is 0 Å². The molecule has 35 heavy (non-hydrogen) atoms. The molecule has 1 unspecified atom stereocenters. The van der Waals surface area contributed by atoms with Gasteiger partial charge in [-0.1, -0.05) is 23.2 Å². The molecule has 12 heteroatoms. The van der Waals surface area contributed by atoms with Crippen LogP contribution in [-0.4, -0.2) is 44.4 Å². The largest absolute Gasteiger partial charge is 0.395 e. The fraction of sp³-hybridized carbons (Fsp3) is 0.130. The molecule has 1 atom stereocenters. The van der Waals surface area contributed by atoms with Gasteiger partial charge < -0.3 is 15.7 Å². The van der Waals surface area contributed by atoms with Crippen LogP contribution in [0.25, 0.3) is 0 Å². The average molecular weight is 535 g/mol. The summed E-state index contributed by atoms with van der Waals surface area (Å²) in [5.74, 6) is -1.69. The minimum atomic E-state index is -3.16. The summed E-state index contributed by atoms with van der Waals surface area (Å²) in [6, 6.07) is 13.1. The van der Waals surface area contributed by atoms with Crippen molar-refractivity contribution in [3.63, 3.8) is 0 Å². The molecule has 3 aromatic rings. The topological polar surface area (TPSA) is 138 Å². The number of rotatable bonds is 7. The number of aliphatic hydroxyl groups excluding tert-OH is 1. The number of hydrogen-bond acceptors (Lipinski definition) is 6. The molecule has 0 spiro atoms. The fourth-order valence-electron chi connectivity index (χ4n) is 3.01. The maximum Gasteiger partial charge on any atom is 0.258 e. The Kier molecular flexibility index (Phi) is 8.57. The lowest BCUT2D eigenvalue weighted by molar-refractivity contribution is -0.115. The number of anilines is 2. The molecule has 0 saturated carbocycles. The summed E-state index contributed by atoms with van der Waals surface area (Å²) in [5.41, 5.74) is 0.499. The number of carbonyl (C=O) groups excluding carboxylic acids is 3. The van der Waals surface area contributed by atoms with E-state index in [-0.39, 0.29) is 38.3 Å². The van der Waals surface area contributed by atoms with Gasteiger partial charge in [0, 0.05) is 28.6 Å². The summed E-state index contributed by atoms with van der Waals surface area (Å²) >= 11 is 11.9. The lowest BCUT2D eigenvalue weighted by Crippen LogP contribution is -2.19. The summed E-state index contributed by atoms with van der Waals surface area (Å²) in [6.45, 7) is 0.743. The molecular weight excluding hydrogens is 515 g/mol. The van der Waals surface area contributed by atoms with Crippen molar-refractivity contribution in [2.45, 2.75) is 11.8 Å². The van der Waals surface area contributed by atoms with Crippen molar-refractivity contribution in [2.24, 2.45) is 4.36 Å². The highest BCUT2D eigenvalue weighted by atomic mass is 35.5. The molecule has 1 aromatic heterocycles. The number of nitrogens with zero attached hydrogens (tertiary/aromatic N) is 2. The highest BCUT2D eigenvalue weighted by Gasteiger charge is 2.18. The fourth-order valence-corrected chi connectivity index (χ4v) is 4.95. The molecule has 3 rings (SSSR count). The average Bonchev–Trinajstić information content (AvgIpc) is 2.81. The lowest BCUT2D eigenvalue weighted by Gasteiger charge is -2.13. The number of pyridine rings is 1. The molecule has 0 aliphatic rings. The third-order valence-electron chi connectivity index (χ3n) is 4.57. The molecule has 0 radical (unpaired) electrons.